The molecule has 1 aromatic rings. The van der Waals surface area contributed by atoms with Gasteiger partial charge in [0.05, 0.1) is 12.1 Å². The number of carbonyl (C=O) groups is 1. The summed E-state index contributed by atoms with van der Waals surface area (Å²) in [5, 5.41) is 15.1. The van der Waals surface area contributed by atoms with E-state index in [4.69, 9.17) is 0 Å². The summed E-state index contributed by atoms with van der Waals surface area (Å²) in [4.78, 5) is 11.7. The van der Waals surface area contributed by atoms with Gasteiger partial charge in [0, 0.05) is 13.1 Å². The van der Waals surface area contributed by atoms with Gasteiger partial charge in [0.1, 0.15) is 5.82 Å². The van der Waals surface area contributed by atoms with Crippen LogP contribution in [0, 0.1) is 5.82 Å². The van der Waals surface area contributed by atoms with Crippen LogP contribution in [0.4, 0.5) is 4.39 Å². The molecule has 0 bridgehead atoms. The predicted octanol–water partition coefficient (Wildman–Crippen LogP) is 0.207. The molecular formula is C13H17FN2O2. The summed E-state index contributed by atoms with van der Waals surface area (Å²) in [7, 11) is 0. The van der Waals surface area contributed by atoms with Gasteiger partial charge in [-0.3, -0.25) is 4.79 Å². The van der Waals surface area contributed by atoms with Crippen molar-refractivity contribution in [3.8, 4) is 0 Å². The van der Waals surface area contributed by atoms with E-state index in [0.29, 0.717) is 25.9 Å². The van der Waals surface area contributed by atoms with Crippen molar-refractivity contribution in [2.24, 2.45) is 0 Å². The van der Waals surface area contributed by atoms with Crippen LogP contribution in [-0.4, -0.2) is 36.2 Å². The number of hydrogen-bond acceptors (Lipinski definition) is 3. The Labute approximate surface area is 105 Å². The minimum atomic E-state index is -0.433. The maximum atomic E-state index is 12.7. The molecule has 1 aromatic carbocycles. The SMILES string of the molecule is O=C(NCCc1ccc(F)cc1)[C@H]1C[C@@H](O)CN1. The fourth-order valence-corrected chi connectivity index (χ4v) is 2.02. The van der Waals surface area contributed by atoms with Crippen LogP contribution in [0.5, 0.6) is 0 Å². The van der Waals surface area contributed by atoms with Crippen LogP contribution in [0.1, 0.15) is 12.0 Å². The average Bonchev–Trinajstić information content (AvgIpc) is 2.78. The molecule has 18 heavy (non-hydrogen) atoms. The minimum absolute atomic E-state index is 0.0892. The quantitative estimate of drug-likeness (QED) is 0.718. The standard InChI is InChI=1S/C13H17FN2O2/c14-10-3-1-9(2-4-10)5-6-15-13(18)12-7-11(17)8-16-12/h1-4,11-12,16-17H,5-8H2,(H,15,18)/t11-,12-/m1/s1. The van der Waals surface area contributed by atoms with Crippen LogP contribution >= 0.6 is 0 Å². The highest BCUT2D eigenvalue weighted by Crippen LogP contribution is 2.06. The molecule has 4 nitrogen and oxygen atoms in total. The van der Waals surface area contributed by atoms with Crippen LogP contribution in [0.2, 0.25) is 0 Å². The molecule has 1 amide bonds. The van der Waals surface area contributed by atoms with Crippen LogP contribution in [0.15, 0.2) is 24.3 Å². The molecule has 0 aliphatic carbocycles. The third kappa shape index (κ3) is 3.51. The van der Waals surface area contributed by atoms with Crippen molar-refractivity contribution < 1.29 is 14.3 Å². The second kappa shape index (κ2) is 5.93. The molecule has 0 aromatic heterocycles. The van der Waals surface area contributed by atoms with Gasteiger partial charge in [-0.25, -0.2) is 4.39 Å². The number of benzene rings is 1. The number of nitrogens with one attached hydrogen (secondary N) is 2. The highest BCUT2D eigenvalue weighted by atomic mass is 19.1. The lowest BCUT2D eigenvalue weighted by atomic mass is 10.1. The molecule has 98 valence electrons. The first-order valence-corrected chi connectivity index (χ1v) is 6.09. The first-order valence-electron chi connectivity index (χ1n) is 6.09. The third-order valence-corrected chi connectivity index (χ3v) is 3.05. The zero-order valence-electron chi connectivity index (χ0n) is 10.0. The summed E-state index contributed by atoms with van der Waals surface area (Å²) in [5.74, 6) is -0.347. The highest BCUT2D eigenvalue weighted by Gasteiger charge is 2.27. The van der Waals surface area contributed by atoms with E-state index in [-0.39, 0.29) is 17.8 Å². The molecule has 1 saturated heterocycles. The molecule has 1 heterocycles. The lowest BCUT2D eigenvalue weighted by Crippen LogP contribution is -2.41. The molecule has 2 rings (SSSR count). The van der Waals surface area contributed by atoms with Crippen molar-refractivity contribution in [1.29, 1.82) is 0 Å². The molecule has 1 fully saturated rings. The Morgan fingerprint density at radius 3 is 2.78 bits per heavy atom. The topological polar surface area (TPSA) is 61.4 Å². The number of halogens is 1. The first kappa shape index (κ1) is 13.0. The molecule has 1 aliphatic heterocycles. The number of amides is 1. The number of β-amino-alcohol motifs (C(OH)–C–C–N with tert-alkyl or cyclic N) is 1. The number of aliphatic hydroxyl groups excluding tert-OH is 1. The maximum absolute atomic E-state index is 12.7. The summed E-state index contributed by atoms with van der Waals surface area (Å²) in [6.07, 6.45) is 0.696. The van der Waals surface area contributed by atoms with E-state index >= 15 is 0 Å². The third-order valence-electron chi connectivity index (χ3n) is 3.05. The van der Waals surface area contributed by atoms with Crippen molar-refractivity contribution >= 4 is 5.91 Å². The van der Waals surface area contributed by atoms with Crippen molar-refractivity contribution in [2.45, 2.75) is 25.0 Å². The van der Waals surface area contributed by atoms with Crippen molar-refractivity contribution in [3.05, 3.63) is 35.6 Å². The minimum Gasteiger partial charge on any atom is -0.392 e. The highest BCUT2D eigenvalue weighted by molar-refractivity contribution is 5.82. The van der Waals surface area contributed by atoms with Gasteiger partial charge in [0.2, 0.25) is 5.91 Å². The van der Waals surface area contributed by atoms with Crippen LogP contribution < -0.4 is 10.6 Å². The van der Waals surface area contributed by atoms with E-state index in [0.717, 1.165) is 5.56 Å². The number of hydrogen-bond donors (Lipinski definition) is 3. The summed E-state index contributed by atoms with van der Waals surface area (Å²) in [5.41, 5.74) is 0.983. The lowest BCUT2D eigenvalue weighted by molar-refractivity contribution is -0.122. The van der Waals surface area contributed by atoms with Gasteiger partial charge < -0.3 is 15.7 Å². The monoisotopic (exact) mass is 252 g/mol. The fourth-order valence-electron chi connectivity index (χ4n) is 2.02. The molecule has 5 heteroatoms. The summed E-state index contributed by atoms with van der Waals surface area (Å²) >= 11 is 0. The Balaban J connectivity index is 1.72. The smallest absolute Gasteiger partial charge is 0.237 e. The molecular weight excluding hydrogens is 235 g/mol. The second-order valence-electron chi connectivity index (χ2n) is 4.52. The average molecular weight is 252 g/mol. The Morgan fingerprint density at radius 1 is 1.44 bits per heavy atom. The van der Waals surface area contributed by atoms with Gasteiger partial charge in [-0.2, -0.15) is 0 Å². The largest absolute Gasteiger partial charge is 0.392 e. The zero-order valence-corrected chi connectivity index (χ0v) is 10.0. The van der Waals surface area contributed by atoms with Gasteiger partial charge in [-0.05, 0) is 30.5 Å². The lowest BCUT2D eigenvalue weighted by Gasteiger charge is -2.10. The van der Waals surface area contributed by atoms with E-state index in [2.05, 4.69) is 10.6 Å². The van der Waals surface area contributed by atoms with Gasteiger partial charge in [0.25, 0.3) is 0 Å². The predicted molar refractivity (Wildman–Crippen MR) is 65.5 cm³/mol. The second-order valence-corrected chi connectivity index (χ2v) is 4.52. The van der Waals surface area contributed by atoms with E-state index in [1.165, 1.54) is 12.1 Å². The normalized spacial score (nSPS) is 23.0. The van der Waals surface area contributed by atoms with E-state index in [9.17, 15) is 14.3 Å². The molecule has 0 saturated carbocycles. The molecule has 0 radical (unpaired) electrons. The zero-order chi connectivity index (χ0) is 13.0. The summed E-state index contributed by atoms with van der Waals surface area (Å²) in [6, 6.07) is 5.93. The Bertz CT molecular complexity index is 408. The number of carbonyl (C=O) groups excluding carboxylic acids is 1. The number of rotatable bonds is 4. The molecule has 0 unspecified atom stereocenters. The Hall–Kier alpha value is -1.46. The van der Waals surface area contributed by atoms with Gasteiger partial charge >= 0.3 is 0 Å². The van der Waals surface area contributed by atoms with Gasteiger partial charge in [0.15, 0.2) is 0 Å². The Kier molecular flexibility index (Phi) is 4.28. The van der Waals surface area contributed by atoms with Crippen LogP contribution in [0.3, 0.4) is 0 Å². The Morgan fingerprint density at radius 2 is 2.17 bits per heavy atom. The molecule has 0 spiro atoms. The van der Waals surface area contributed by atoms with Gasteiger partial charge in [-0.1, -0.05) is 12.1 Å². The molecule has 3 N–H and O–H groups in total. The van der Waals surface area contributed by atoms with Crippen LogP contribution in [-0.2, 0) is 11.2 Å². The fraction of sp³-hybridized carbons (Fsp3) is 0.462. The van der Waals surface area contributed by atoms with E-state index in [1.54, 1.807) is 12.1 Å². The first-order chi connectivity index (χ1) is 8.65. The van der Waals surface area contributed by atoms with Gasteiger partial charge in [-0.15, -0.1) is 0 Å². The summed E-state index contributed by atoms with van der Waals surface area (Å²) < 4.78 is 12.7. The molecule has 2 atom stereocenters. The summed E-state index contributed by atoms with van der Waals surface area (Å²) in [6.45, 7) is 0.981. The number of aliphatic hydroxyl groups is 1. The van der Waals surface area contributed by atoms with E-state index < -0.39 is 6.10 Å². The van der Waals surface area contributed by atoms with E-state index in [1.807, 2.05) is 0 Å². The van der Waals surface area contributed by atoms with Crippen LogP contribution in [0.25, 0.3) is 0 Å². The maximum Gasteiger partial charge on any atom is 0.237 e. The molecule has 1 aliphatic rings. The van der Waals surface area contributed by atoms with Crippen molar-refractivity contribution in [1.82, 2.24) is 10.6 Å². The van der Waals surface area contributed by atoms with Crippen molar-refractivity contribution in [3.63, 3.8) is 0 Å². The van der Waals surface area contributed by atoms with Crippen molar-refractivity contribution in [2.75, 3.05) is 13.1 Å².